The third-order valence-corrected chi connectivity index (χ3v) is 5.38. The van der Waals surface area contributed by atoms with Gasteiger partial charge in [0.1, 0.15) is 5.92 Å². The van der Waals surface area contributed by atoms with Gasteiger partial charge in [-0.05, 0) is 24.3 Å². The lowest BCUT2D eigenvalue weighted by Gasteiger charge is -2.43. The highest BCUT2D eigenvalue weighted by Crippen LogP contribution is 2.51. The van der Waals surface area contributed by atoms with E-state index < -0.39 is 11.3 Å². The molecule has 1 fully saturated rings. The molecule has 8 heteroatoms. The minimum Gasteiger partial charge on any atom is -0.469 e. The number of fused-ring (bicyclic) bond motifs is 2. The van der Waals surface area contributed by atoms with Crippen LogP contribution in [-0.4, -0.2) is 40.7 Å². The molecule has 2 N–H and O–H groups in total. The zero-order valence-corrected chi connectivity index (χ0v) is 13.0. The maximum atomic E-state index is 11.6. The number of nitrogens with zero attached hydrogens (tertiary/aromatic N) is 2. The Bertz CT molecular complexity index is 658. The highest BCUT2D eigenvalue weighted by Gasteiger charge is 2.52. The fourth-order valence-electron chi connectivity index (χ4n) is 3.31. The van der Waals surface area contributed by atoms with Crippen molar-refractivity contribution in [2.75, 3.05) is 18.6 Å². The van der Waals surface area contributed by atoms with Crippen LogP contribution in [0.25, 0.3) is 0 Å². The summed E-state index contributed by atoms with van der Waals surface area (Å²) in [6, 6.07) is 2.22. The van der Waals surface area contributed by atoms with E-state index in [1.165, 1.54) is 7.11 Å². The number of esters is 1. The number of methoxy groups -OCH3 is 1. The second kappa shape index (κ2) is 5.65. The van der Waals surface area contributed by atoms with E-state index in [2.05, 4.69) is 16.3 Å². The van der Waals surface area contributed by atoms with E-state index in [1.807, 2.05) is 11.8 Å². The number of aromatic amines is 1. The molecule has 0 saturated carbocycles. The normalized spacial score (nSPS) is 22.5. The van der Waals surface area contributed by atoms with Crippen LogP contribution in [0.3, 0.4) is 0 Å². The number of thioether (sulfide) groups is 1. The number of ether oxygens (including phenoxy) is 2. The SMILES string of the molecule is COC(=O)Cc1[nH]nc2c1C1(CCSCC1)C(C#N)C(=N)O2. The summed E-state index contributed by atoms with van der Waals surface area (Å²) in [5.41, 5.74) is 0.906. The molecular formula is C14H16N4O3S. The smallest absolute Gasteiger partial charge is 0.311 e. The maximum Gasteiger partial charge on any atom is 0.311 e. The van der Waals surface area contributed by atoms with Gasteiger partial charge < -0.3 is 9.47 Å². The van der Waals surface area contributed by atoms with Crippen LogP contribution >= 0.6 is 11.8 Å². The summed E-state index contributed by atoms with van der Waals surface area (Å²) in [7, 11) is 1.34. The van der Waals surface area contributed by atoms with Crippen molar-refractivity contribution < 1.29 is 14.3 Å². The molecule has 0 aromatic carbocycles. The van der Waals surface area contributed by atoms with Gasteiger partial charge >= 0.3 is 5.97 Å². The Kier molecular flexibility index (Phi) is 3.83. The topological polar surface area (TPSA) is 112 Å². The quantitative estimate of drug-likeness (QED) is 0.797. The van der Waals surface area contributed by atoms with Crippen molar-refractivity contribution in [3.63, 3.8) is 0 Å². The van der Waals surface area contributed by atoms with Gasteiger partial charge in [0.05, 0.1) is 25.3 Å². The van der Waals surface area contributed by atoms with Crippen molar-refractivity contribution in [3.05, 3.63) is 11.3 Å². The van der Waals surface area contributed by atoms with Crippen molar-refractivity contribution >= 4 is 23.6 Å². The summed E-state index contributed by atoms with van der Waals surface area (Å²) in [5.74, 6) is 1.07. The molecule has 1 aromatic heterocycles. The second-order valence-corrected chi connectivity index (χ2v) is 6.66. The molecule has 3 heterocycles. The van der Waals surface area contributed by atoms with Gasteiger partial charge in [-0.3, -0.25) is 15.3 Å². The molecule has 1 spiro atoms. The van der Waals surface area contributed by atoms with Gasteiger partial charge in [-0.2, -0.15) is 17.0 Å². The molecule has 0 radical (unpaired) electrons. The molecule has 0 bridgehead atoms. The molecule has 22 heavy (non-hydrogen) atoms. The first kappa shape index (κ1) is 14.9. The van der Waals surface area contributed by atoms with Crippen LogP contribution in [0.1, 0.15) is 24.1 Å². The van der Waals surface area contributed by atoms with Gasteiger partial charge in [0.15, 0.2) is 0 Å². The minimum atomic E-state index is -0.644. The Morgan fingerprint density at radius 2 is 2.36 bits per heavy atom. The summed E-state index contributed by atoms with van der Waals surface area (Å²) < 4.78 is 10.1. The van der Waals surface area contributed by atoms with Crippen LogP contribution in [0, 0.1) is 22.7 Å². The number of nitrogens with one attached hydrogen (secondary N) is 2. The predicted molar refractivity (Wildman–Crippen MR) is 80.0 cm³/mol. The number of aromatic nitrogens is 2. The summed E-state index contributed by atoms with van der Waals surface area (Å²) >= 11 is 1.83. The Balaban J connectivity index is 2.11. The van der Waals surface area contributed by atoms with Gasteiger partial charge in [0, 0.05) is 11.0 Å². The first-order valence-corrected chi connectivity index (χ1v) is 8.16. The van der Waals surface area contributed by atoms with E-state index in [-0.39, 0.29) is 18.3 Å². The maximum absolute atomic E-state index is 11.6. The minimum absolute atomic E-state index is 0.0574. The summed E-state index contributed by atoms with van der Waals surface area (Å²) in [5, 5.41) is 24.5. The van der Waals surface area contributed by atoms with Crippen LogP contribution in [0.5, 0.6) is 5.88 Å². The third kappa shape index (κ3) is 2.16. The Hall–Kier alpha value is -2.01. The van der Waals surface area contributed by atoms with Gasteiger partial charge in [-0.25, -0.2) is 0 Å². The summed E-state index contributed by atoms with van der Waals surface area (Å²) in [6.45, 7) is 0. The second-order valence-electron chi connectivity index (χ2n) is 5.43. The van der Waals surface area contributed by atoms with E-state index in [0.717, 1.165) is 29.9 Å². The van der Waals surface area contributed by atoms with E-state index >= 15 is 0 Å². The molecule has 0 aliphatic carbocycles. The Morgan fingerprint density at radius 3 is 3.00 bits per heavy atom. The van der Waals surface area contributed by atoms with E-state index in [0.29, 0.717) is 11.6 Å². The van der Waals surface area contributed by atoms with Gasteiger partial charge in [0.25, 0.3) is 0 Å². The standard InChI is InChI=1S/C14H16N4O3S/c1-20-10(19)6-9-11-13(18-17-9)21-12(16)8(7-15)14(11)2-4-22-5-3-14/h8,16H,2-6H2,1H3,(H,17,18). The van der Waals surface area contributed by atoms with Crippen molar-refractivity contribution in [2.24, 2.45) is 5.92 Å². The lowest BCUT2D eigenvalue weighted by Crippen LogP contribution is -2.47. The summed E-state index contributed by atoms with van der Waals surface area (Å²) in [4.78, 5) is 11.6. The first-order valence-electron chi connectivity index (χ1n) is 7.00. The molecule has 7 nitrogen and oxygen atoms in total. The number of carbonyl (C=O) groups excluding carboxylic acids is 1. The number of carbonyl (C=O) groups is 1. The molecule has 2 aliphatic heterocycles. The monoisotopic (exact) mass is 320 g/mol. The zero-order chi connectivity index (χ0) is 15.7. The number of hydrogen-bond donors (Lipinski definition) is 2. The van der Waals surface area contributed by atoms with Crippen LogP contribution in [0.2, 0.25) is 0 Å². The Morgan fingerprint density at radius 1 is 1.64 bits per heavy atom. The third-order valence-electron chi connectivity index (χ3n) is 4.39. The van der Waals surface area contributed by atoms with E-state index in [4.69, 9.17) is 14.9 Å². The Labute approximate surface area is 131 Å². The molecule has 2 aliphatic rings. The zero-order valence-electron chi connectivity index (χ0n) is 12.1. The molecule has 1 saturated heterocycles. The van der Waals surface area contributed by atoms with Crippen LogP contribution in [-0.2, 0) is 21.4 Å². The average molecular weight is 320 g/mol. The van der Waals surface area contributed by atoms with Crippen molar-refractivity contribution in [3.8, 4) is 11.9 Å². The van der Waals surface area contributed by atoms with Gasteiger partial charge in [-0.1, -0.05) is 0 Å². The fraction of sp³-hybridized carbons (Fsp3) is 0.571. The lowest BCUT2D eigenvalue weighted by atomic mass is 9.65. The van der Waals surface area contributed by atoms with Crippen LogP contribution in [0.15, 0.2) is 0 Å². The lowest BCUT2D eigenvalue weighted by molar-refractivity contribution is -0.139. The molecule has 1 atom stereocenters. The number of rotatable bonds is 2. The molecule has 1 aromatic rings. The van der Waals surface area contributed by atoms with Gasteiger partial charge in [-0.15, -0.1) is 5.10 Å². The average Bonchev–Trinajstić information content (AvgIpc) is 2.91. The highest BCUT2D eigenvalue weighted by molar-refractivity contribution is 7.99. The van der Waals surface area contributed by atoms with Gasteiger partial charge in [0.2, 0.25) is 11.8 Å². The fourth-order valence-corrected chi connectivity index (χ4v) is 4.53. The molecule has 1 unspecified atom stereocenters. The van der Waals surface area contributed by atoms with E-state index in [9.17, 15) is 10.1 Å². The molecule has 116 valence electrons. The number of hydrogen-bond acceptors (Lipinski definition) is 7. The van der Waals surface area contributed by atoms with Crippen LogP contribution in [0.4, 0.5) is 0 Å². The van der Waals surface area contributed by atoms with E-state index in [1.54, 1.807) is 0 Å². The molecular weight excluding hydrogens is 304 g/mol. The highest BCUT2D eigenvalue weighted by atomic mass is 32.2. The van der Waals surface area contributed by atoms with Crippen molar-refractivity contribution in [2.45, 2.75) is 24.7 Å². The molecule has 0 amide bonds. The van der Waals surface area contributed by atoms with Crippen LogP contribution < -0.4 is 4.74 Å². The first-order chi connectivity index (χ1) is 10.6. The van der Waals surface area contributed by atoms with Crippen molar-refractivity contribution in [1.82, 2.24) is 10.2 Å². The predicted octanol–water partition coefficient (Wildman–Crippen LogP) is 1.40. The summed E-state index contributed by atoms with van der Waals surface area (Å²) in [6.07, 6.45) is 1.59. The van der Waals surface area contributed by atoms with Crippen molar-refractivity contribution in [1.29, 1.82) is 10.7 Å². The number of H-pyrrole nitrogens is 1. The largest absolute Gasteiger partial charge is 0.469 e. The number of nitriles is 1. The molecule has 3 rings (SSSR count).